The lowest BCUT2D eigenvalue weighted by Gasteiger charge is -2.30. The monoisotopic (exact) mass is 392 g/mol. The highest BCUT2D eigenvalue weighted by molar-refractivity contribution is 5.76. The molecule has 0 radical (unpaired) electrons. The molecule has 0 aliphatic heterocycles. The van der Waals surface area contributed by atoms with E-state index in [2.05, 4.69) is 17.2 Å². The van der Waals surface area contributed by atoms with Crippen LogP contribution < -0.4 is 15.4 Å². The molecule has 158 valence electrons. The summed E-state index contributed by atoms with van der Waals surface area (Å²) in [6, 6.07) is 6.64. The van der Waals surface area contributed by atoms with E-state index in [4.69, 9.17) is 9.47 Å². The maximum absolute atomic E-state index is 12.6. The number of carbonyl (C=O) groups excluding carboxylic acids is 1. The van der Waals surface area contributed by atoms with Gasteiger partial charge in [0.25, 0.3) is 0 Å². The van der Waals surface area contributed by atoms with Gasteiger partial charge >= 0.3 is 5.97 Å². The molecule has 0 aliphatic rings. The number of ether oxygens (including phenoxy) is 2. The molecule has 28 heavy (non-hydrogen) atoms. The molecule has 0 spiro atoms. The lowest BCUT2D eigenvalue weighted by atomic mass is 10.0. The molecule has 0 amide bonds. The van der Waals surface area contributed by atoms with Gasteiger partial charge < -0.3 is 19.9 Å². The van der Waals surface area contributed by atoms with Crippen LogP contribution in [-0.2, 0) is 16.0 Å². The minimum absolute atomic E-state index is 0.0989. The molecule has 3 unspecified atom stereocenters. The summed E-state index contributed by atoms with van der Waals surface area (Å²) in [6.45, 7) is 15.2. The van der Waals surface area contributed by atoms with Gasteiger partial charge in [0, 0.05) is 0 Å². The normalized spacial score (nSPS) is 14.6. The molecular formula is C22H36N2O4. The number of aliphatic hydroxyl groups is 1. The fourth-order valence-electron chi connectivity index (χ4n) is 2.83. The van der Waals surface area contributed by atoms with Gasteiger partial charge in [0.2, 0.25) is 0 Å². The van der Waals surface area contributed by atoms with Crippen LogP contribution in [0.1, 0.15) is 47.1 Å². The predicted octanol–water partition coefficient (Wildman–Crippen LogP) is 3.00. The van der Waals surface area contributed by atoms with E-state index < -0.39 is 18.2 Å². The Morgan fingerprint density at radius 2 is 1.71 bits per heavy atom. The maximum atomic E-state index is 12.6. The van der Waals surface area contributed by atoms with Gasteiger partial charge in [0.15, 0.2) is 0 Å². The van der Waals surface area contributed by atoms with E-state index >= 15 is 0 Å². The summed E-state index contributed by atoms with van der Waals surface area (Å²) in [5, 5.41) is 16.7. The third-order valence-electron chi connectivity index (χ3n) is 4.11. The van der Waals surface area contributed by atoms with Crippen LogP contribution in [-0.4, -0.2) is 41.6 Å². The molecule has 1 aromatic rings. The van der Waals surface area contributed by atoms with Crippen LogP contribution >= 0.6 is 0 Å². The lowest BCUT2D eigenvalue weighted by molar-refractivity contribution is -0.151. The van der Waals surface area contributed by atoms with Crippen LogP contribution in [0.3, 0.4) is 0 Å². The number of carbonyl (C=O) groups is 1. The zero-order chi connectivity index (χ0) is 21.3. The van der Waals surface area contributed by atoms with Crippen molar-refractivity contribution < 1.29 is 19.4 Å². The Labute approximate surface area is 169 Å². The van der Waals surface area contributed by atoms with E-state index in [9.17, 15) is 9.90 Å². The second-order valence-corrected chi connectivity index (χ2v) is 7.81. The first-order valence-electron chi connectivity index (χ1n) is 9.91. The van der Waals surface area contributed by atoms with Crippen molar-refractivity contribution in [2.45, 2.75) is 78.5 Å². The van der Waals surface area contributed by atoms with Gasteiger partial charge in [0.1, 0.15) is 18.0 Å². The van der Waals surface area contributed by atoms with Crippen LogP contribution in [0.15, 0.2) is 37.0 Å². The van der Waals surface area contributed by atoms with E-state index in [1.807, 2.05) is 52.0 Å². The number of aliphatic hydroxyl groups excluding tert-OH is 1. The highest BCUT2D eigenvalue weighted by Gasteiger charge is 2.29. The zero-order valence-electron chi connectivity index (χ0n) is 17.9. The summed E-state index contributed by atoms with van der Waals surface area (Å²) in [5.41, 5.74) is 0.944. The SMILES string of the molecule is C=CNC(C(C)C)C(O)NC(Cc1ccc(OC(C)C)cc1)C(=O)OC(C)C. The summed E-state index contributed by atoms with van der Waals surface area (Å²) in [4.78, 5) is 12.6. The Morgan fingerprint density at radius 3 is 2.18 bits per heavy atom. The van der Waals surface area contributed by atoms with Gasteiger partial charge in [-0.1, -0.05) is 32.6 Å². The Bertz CT molecular complexity index is 599. The first kappa shape index (κ1) is 24.0. The number of rotatable bonds is 12. The third kappa shape index (κ3) is 8.31. The van der Waals surface area contributed by atoms with Crippen molar-refractivity contribution in [3.63, 3.8) is 0 Å². The second kappa shape index (κ2) is 11.7. The molecule has 3 N–H and O–H groups in total. The van der Waals surface area contributed by atoms with E-state index in [-0.39, 0.29) is 24.2 Å². The van der Waals surface area contributed by atoms with E-state index in [0.29, 0.717) is 6.42 Å². The van der Waals surface area contributed by atoms with Crippen molar-refractivity contribution in [3.05, 3.63) is 42.6 Å². The molecule has 6 nitrogen and oxygen atoms in total. The average Bonchev–Trinajstić information content (AvgIpc) is 2.59. The minimum Gasteiger partial charge on any atom is -0.491 e. The standard InChI is InChI=1S/C22H36N2O4/c1-8-23-20(14(2)3)21(25)24-19(22(26)28-16(6)7)13-17-9-11-18(12-10-17)27-15(4)5/h8-12,14-16,19-21,23-25H,1,13H2,2-7H3. The molecule has 0 saturated heterocycles. The topological polar surface area (TPSA) is 79.8 Å². The number of esters is 1. The zero-order valence-corrected chi connectivity index (χ0v) is 17.9. The summed E-state index contributed by atoms with van der Waals surface area (Å²) in [7, 11) is 0. The largest absolute Gasteiger partial charge is 0.491 e. The highest BCUT2D eigenvalue weighted by Crippen LogP contribution is 2.16. The molecule has 1 rings (SSSR count). The van der Waals surface area contributed by atoms with Crippen molar-refractivity contribution in [2.75, 3.05) is 0 Å². The van der Waals surface area contributed by atoms with Crippen molar-refractivity contribution in [1.82, 2.24) is 10.6 Å². The fraction of sp³-hybridized carbons (Fsp3) is 0.591. The first-order chi connectivity index (χ1) is 13.1. The number of nitrogens with one attached hydrogen (secondary N) is 2. The molecule has 0 fully saturated rings. The van der Waals surface area contributed by atoms with Gasteiger partial charge in [-0.2, -0.15) is 0 Å². The second-order valence-electron chi connectivity index (χ2n) is 7.81. The van der Waals surface area contributed by atoms with E-state index in [1.165, 1.54) is 0 Å². The summed E-state index contributed by atoms with van der Waals surface area (Å²) < 4.78 is 11.0. The first-order valence-corrected chi connectivity index (χ1v) is 9.91. The van der Waals surface area contributed by atoms with Gasteiger partial charge in [-0.3, -0.25) is 10.1 Å². The van der Waals surface area contributed by atoms with E-state index in [1.54, 1.807) is 20.0 Å². The van der Waals surface area contributed by atoms with Crippen LogP contribution in [0.4, 0.5) is 0 Å². The number of benzene rings is 1. The van der Waals surface area contributed by atoms with Crippen LogP contribution in [0.5, 0.6) is 5.75 Å². The Kier molecular flexibility index (Phi) is 10.0. The molecule has 6 heteroatoms. The van der Waals surface area contributed by atoms with Gasteiger partial charge in [-0.25, -0.2) is 0 Å². The van der Waals surface area contributed by atoms with Crippen molar-refractivity contribution >= 4 is 5.97 Å². The average molecular weight is 393 g/mol. The van der Waals surface area contributed by atoms with E-state index in [0.717, 1.165) is 11.3 Å². The molecule has 1 aromatic carbocycles. The van der Waals surface area contributed by atoms with Gasteiger partial charge in [-0.15, -0.1) is 0 Å². The quantitative estimate of drug-likeness (QED) is 0.375. The molecular weight excluding hydrogens is 356 g/mol. The molecule has 0 bridgehead atoms. The summed E-state index contributed by atoms with van der Waals surface area (Å²) in [6.07, 6.45) is 0.865. The van der Waals surface area contributed by atoms with Gasteiger partial charge in [-0.05, 0) is 63.9 Å². The molecule has 0 heterocycles. The maximum Gasteiger partial charge on any atom is 0.323 e. The minimum atomic E-state index is -0.939. The smallest absolute Gasteiger partial charge is 0.323 e. The predicted molar refractivity (Wildman–Crippen MR) is 112 cm³/mol. The molecule has 0 aromatic heterocycles. The van der Waals surface area contributed by atoms with Crippen molar-refractivity contribution in [1.29, 1.82) is 0 Å². The molecule has 3 atom stereocenters. The van der Waals surface area contributed by atoms with Crippen LogP contribution in [0.25, 0.3) is 0 Å². The lowest BCUT2D eigenvalue weighted by Crippen LogP contribution is -2.55. The van der Waals surface area contributed by atoms with Crippen LogP contribution in [0.2, 0.25) is 0 Å². The highest BCUT2D eigenvalue weighted by atomic mass is 16.5. The van der Waals surface area contributed by atoms with Gasteiger partial charge in [0.05, 0.1) is 18.2 Å². The molecule has 0 saturated carbocycles. The third-order valence-corrected chi connectivity index (χ3v) is 4.11. The fourth-order valence-corrected chi connectivity index (χ4v) is 2.83. The van der Waals surface area contributed by atoms with Crippen molar-refractivity contribution in [2.24, 2.45) is 5.92 Å². The number of hydrogen-bond donors (Lipinski definition) is 3. The number of hydrogen-bond acceptors (Lipinski definition) is 6. The van der Waals surface area contributed by atoms with Crippen LogP contribution in [0, 0.1) is 5.92 Å². The van der Waals surface area contributed by atoms with Crippen molar-refractivity contribution in [3.8, 4) is 5.75 Å². The Hall–Kier alpha value is -2.05. The summed E-state index contributed by atoms with van der Waals surface area (Å²) in [5.74, 6) is 0.524. The Balaban J connectivity index is 2.92. The Morgan fingerprint density at radius 1 is 1.11 bits per heavy atom. The molecule has 0 aliphatic carbocycles. The summed E-state index contributed by atoms with van der Waals surface area (Å²) >= 11 is 0.